The normalized spacial score (nSPS) is 10.9. The second kappa shape index (κ2) is 12.8. The molecule has 0 bridgehead atoms. The molecule has 31 heavy (non-hydrogen) atoms. The average Bonchev–Trinajstić information content (AvgIpc) is 2.78. The van der Waals surface area contributed by atoms with E-state index in [-0.39, 0.29) is 36.1 Å². The van der Waals surface area contributed by atoms with Gasteiger partial charge in [-0.05, 0) is 55.0 Å². The number of nitrogens with one attached hydrogen (secondary N) is 2. The highest BCUT2D eigenvalue weighted by Crippen LogP contribution is 2.14. The highest BCUT2D eigenvalue weighted by atomic mass is 127. The van der Waals surface area contributed by atoms with Gasteiger partial charge in [-0.15, -0.1) is 24.0 Å². The lowest BCUT2D eigenvalue weighted by molar-refractivity contribution is 0.301. The van der Waals surface area contributed by atoms with E-state index in [1.54, 1.807) is 6.20 Å². The molecule has 0 saturated carbocycles. The average molecular weight is 538 g/mol. The van der Waals surface area contributed by atoms with Gasteiger partial charge in [-0.1, -0.05) is 18.2 Å². The Labute approximate surface area is 198 Å². The maximum absolute atomic E-state index is 13.8. The molecule has 1 heterocycles. The summed E-state index contributed by atoms with van der Waals surface area (Å²) in [5.74, 6) is 0.346. The van der Waals surface area contributed by atoms with Gasteiger partial charge in [0.25, 0.3) is 0 Å². The van der Waals surface area contributed by atoms with Crippen LogP contribution in [0.25, 0.3) is 0 Å². The van der Waals surface area contributed by atoms with Crippen LogP contribution in [0.15, 0.2) is 71.9 Å². The molecule has 0 radical (unpaired) electrons. The molecule has 0 saturated heterocycles. The van der Waals surface area contributed by atoms with Crippen molar-refractivity contribution in [3.05, 3.63) is 95.3 Å². The van der Waals surface area contributed by atoms with E-state index in [4.69, 9.17) is 4.74 Å². The third-order valence-corrected chi connectivity index (χ3v) is 4.25. The van der Waals surface area contributed by atoms with Crippen LogP contribution in [0.2, 0.25) is 0 Å². The lowest BCUT2D eigenvalue weighted by Crippen LogP contribution is -2.37. The molecule has 5 nitrogen and oxygen atoms in total. The maximum Gasteiger partial charge on any atom is 0.191 e. The Bertz CT molecular complexity index is 969. The van der Waals surface area contributed by atoms with E-state index in [0.717, 1.165) is 29.1 Å². The number of guanidine groups is 1. The fraction of sp³-hybridized carbons (Fsp3) is 0.217. The van der Waals surface area contributed by atoms with E-state index in [1.807, 2.05) is 49.4 Å². The van der Waals surface area contributed by atoms with Crippen molar-refractivity contribution >= 4 is 29.9 Å². The Hall–Kier alpha value is -2.75. The zero-order chi connectivity index (χ0) is 21.2. The first kappa shape index (κ1) is 24.5. The van der Waals surface area contributed by atoms with Gasteiger partial charge in [-0.25, -0.2) is 13.8 Å². The van der Waals surface area contributed by atoms with E-state index in [0.29, 0.717) is 25.7 Å². The largest absolute Gasteiger partial charge is 0.487 e. The van der Waals surface area contributed by atoms with Crippen LogP contribution < -0.4 is 15.4 Å². The third kappa shape index (κ3) is 8.12. The molecule has 0 amide bonds. The van der Waals surface area contributed by atoms with Gasteiger partial charge in [0.2, 0.25) is 0 Å². The van der Waals surface area contributed by atoms with Crippen molar-refractivity contribution in [1.82, 2.24) is 15.6 Å². The van der Waals surface area contributed by atoms with Crippen molar-refractivity contribution in [2.24, 2.45) is 4.99 Å². The van der Waals surface area contributed by atoms with Gasteiger partial charge >= 0.3 is 0 Å². The minimum absolute atomic E-state index is 0. The van der Waals surface area contributed by atoms with Crippen LogP contribution in [0, 0.1) is 11.6 Å². The lowest BCUT2D eigenvalue weighted by atomic mass is 10.2. The van der Waals surface area contributed by atoms with Crippen molar-refractivity contribution in [3.8, 4) is 5.75 Å². The molecule has 2 N–H and O–H groups in total. The summed E-state index contributed by atoms with van der Waals surface area (Å²) in [5.41, 5.74) is 2.10. The van der Waals surface area contributed by atoms with E-state index < -0.39 is 11.6 Å². The van der Waals surface area contributed by atoms with Crippen molar-refractivity contribution in [3.63, 3.8) is 0 Å². The SMILES string of the molecule is CCNC(=NCc1ccc(OCc2ccccn2)cc1)NCc1cc(F)ccc1F.I. The molecule has 8 heteroatoms. The van der Waals surface area contributed by atoms with Crippen molar-refractivity contribution in [1.29, 1.82) is 0 Å². The fourth-order valence-corrected chi connectivity index (χ4v) is 2.70. The van der Waals surface area contributed by atoms with Crippen LogP contribution in [0.3, 0.4) is 0 Å². The molecule has 1 aromatic heterocycles. The highest BCUT2D eigenvalue weighted by Gasteiger charge is 2.05. The summed E-state index contributed by atoms with van der Waals surface area (Å²) in [6.07, 6.45) is 1.73. The van der Waals surface area contributed by atoms with Crippen LogP contribution >= 0.6 is 24.0 Å². The van der Waals surface area contributed by atoms with Gasteiger partial charge < -0.3 is 15.4 Å². The maximum atomic E-state index is 13.8. The summed E-state index contributed by atoms with van der Waals surface area (Å²) < 4.78 is 32.8. The standard InChI is InChI=1S/C23H24F2N4O.HI/c1-2-26-23(29-15-18-13-19(24)8-11-22(18)25)28-14-17-6-9-21(10-7-17)30-16-20-5-3-4-12-27-20;/h3-13H,2,14-16H2,1H3,(H2,26,28,29);1H. The highest BCUT2D eigenvalue weighted by molar-refractivity contribution is 14.0. The number of nitrogens with zero attached hydrogens (tertiary/aromatic N) is 2. The van der Waals surface area contributed by atoms with Gasteiger partial charge in [0, 0.05) is 24.8 Å². The first-order valence-electron chi connectivity index (χ1n) is 9.72. The predicted molar refractivity (Wildman–Crippen MR) is 128 cm³/mol. The Balaban J connectivity index is 0.00000341. The molecule has 3 rings (SSSR count). The van der Waals surface area contributed by atoms with Gasteiger partial charge in [0.05, 0.1) is 12.2 Å². The van der Waals surface area contributed by atoms with Gasteiger partial charge in [-0.2, -0.15) is 0 Å². The van der Waals surface area contributed by atoms with E-state index in [1.165, 1.54) is 6.07 Å². The van der Waals surface area contributed by atoms with Crippen LogP contribution in [-0.4, -0.2) is 17.5 Å². The predicted octanol–water partition coefficient (Wildman–Crippen LogP) is 4.81. The summed E-state index contributed by atoms with van der Waals surface area (Å²) in [6.45, 7) is 3.56. The third-order valence-electron chi connectivity index (χ3n) is 4.25. The van der Waals surface area contributed by atoms with Crippen LogP contribution in [0.4, 0.5) is 8.78 Å². The molecule has 0 aliphatic heterocycles. The quantitative estimate of drug-likeness (QED) is 0.246. The number of benzene rings is 2. The number of ether oxygens (including phenoxy) is 1. The minimum atomic E-state index is -0.472. The summed E-state index contributed by atoms with van der Waals surface area (Å²) in [7, 11) is 0. The van der Waals surface area contributed by atoms with E-state index >= 15 is 0 Å². The summed E-state index contributed by atoms with van der Waals surface area (Å²) in [4.78, 5) is 8.73. The smallest absolute Gasteiger partial charge is 0.191 e. The van der Waals surface area contributed by atoms with Crippen LogP contribution in [-0.2, 0) is 19.7 Å². The summed E-state index contributed by atoms with van der Waals surface area (Å²) in [6, 6.07) is 16.7. The first-order chi connectivity index (χ1) is 14.6. The van der Waals surface area contributed by atoms with Gasteiger partial charge in [0.15, 0.2) is 5.96 Å². The second-order valence-corrected chi connectivity index (χ2v) is 6.54. The van der Waals surface area contributed by atoms with Crippen molar-refractivity contribution < 1.29 is 13.5 Å². The molecule has 2 aromatic carbocycles. The number of hydrogen-bond donors (Lipinski definition) is 2. The summed E-state index contributed by atoms with van der Waals surface area (Å²) >= 11 is 0. The molecular weight excluding hydrogens is 513 g/mol. The molecule has 164 valence electrons. The van der Waals surface area contributed by atoms with Crippen molar-refractivity contribution in [2.45, 2.75) is 26.6 Å². The monoisotopic (exact) mass is 538 g/mol. The fourth-order valence-electron chi connectivity index (χ4n) is 2.70. The molecule has 0 unspecified atom stereocenters. The van der Waals surface area contributed by atoms with Crippen LogP contribution in [0.1, 0.15) is 23.7 Å². The van der Waals surface area contributed by atoms with Crippen molar-refractivity contribution in [2.75, 3.05) is 6.54 Å². The van der Waals surface area contributed by atoms with Gasteiger partial charge in [0.1, 0.15) is 24.0 Å². The number of rotatable bonds is 8. The molecule has 0 aliphatic rings. The molecular formula is C23H25F2IN4O. The Morgan fingerprint density at radius 1 is 1.03 bits per heavy atom. The number of pyridine rings is 1. The van der Waals surface area contributed by atoms with E-state index in [2.05, 4.69) is 20.6 Å². The molecule has 0 aliphatic carbocycles. The zero-order valence-corrected chi connectivity index (χ0v) is 19.5. The topological polar surface area (TPSA) is 58.5 Å². The van der Waals surface area contributed by atoms with Gasteiger partial charge in [-0.3, -0.25) is 4.98 Å². The minimum Gasteiger partial charge on any atom is -0.487 e. The number of halogens is 3. The number of aliphatic imine (C=N–C) groups is 1. The zero-order valence-electron chi connectivity index (χ0n) is 17.1. The molecule has 0 spiro atoms. The molecule has 3 aromatic rings. The Kier molecular flexibility index (Phi) is 10.2. The second-order valence-electron chi connectivity index (χ2n) is 6.54. The molecule has 0 atom stereocenters. The lowest BCUT2D eigenvalue weighted by Gasteiger charge is -2.12. The van der Waals surface area contributed by atoms with E-state index in [9.17, 15) is 8.78 Å². The Morgan fingerprint density at radius 3 is 2.55 bits per heavy atom. The first-order valence-corrected chi connectivity index (χ1v) is 9.72. The summed E-state index contributed by atoms with van der Waals surface area (Å²) in [5, 5.41) is 6.12. The Morgan fingerprint density at radius 2 is 1.84 bits per heavy atom. The number of aromatic nitrogens is 1. The van der Waals surface area contributed by atoms with Crippen LogP contribution in [0.5, 0.6) is 5.75 Å². The number of hydrogen-bond acceptors (Lipinski definition) is 3. The molecule has 0 fully saturated rings.